The summed E-state index contributed by atoms with van der Waals surface area (Å²) in [5.41, 5.74) is 1.67. The highest BCUT2D eigenvalue weighted by Crippen LogP contribution is 2.26. The molecule has 2 aromatic rings. The number of thiocarbonyl (C=S) groups is 1. The number of carbonyl (C=O) groups is 3. The van der Waals surface area contributed by atoms with E-state index in [1.54, 1.807) is 20.2 Å². The molecular weight excluding hydrogens is 412 g/mol. The standard InChI is InChI=1S/C23H26N4O3S/c1-15-8-6-7-11-27(15)20(28)14-26-13-16(17-9-4-5-10-19(17)26)12-18-21(29)24(2)23(31)25(3)22(18)30/h4-5,9-10,12-13,15H,6-8,11,14H2,1-3H3/t15-/m1/s1. The van der Waals surface area contributed by atoms with Crippen LogP contribution in [-0.4, -0.2) is 68.8 Å². The second-order valence-electron chi connectivity index (χ2n) is 8.23. The molecule has 1 atom stereocenters. The normalized spacial score (nSPS) is 20.1. The van der Waals surface area contributed by atoms with Crippen molar-refractivity contribution in [2.24, 2.45) is 0 Å². The molecule has 3 heterocycles. The molecule has 0 radical (unpaired) electrons. The molecule has 7 nitrogen and oxygen atoms in total. The fraction of sp³-hybridized carbons (Fsp3) is 0.391. The molecule has 8 heteroatoms. The van der Waals surface area contributed by atoms with Crippen LogP contribution in [0.15, 0.2) is 36.0 Å². The van der Waals surface area contributed by atoms with Crippen LogP contribution in [0.25, 0.3) is 17.0 Å². The Morgan fingerprint density at radius 1 is 1.13 bits per heavy atom. The summed E-state index contributed by atoms with van der Waals surface area (Å²) in [6.07, 6.45) is 6.67. The average molecular weight is 439 g/mol. The van der Waals surface area contributed by atoms with Gasteiger partial charge in [0, 0.05) is 49.3 Å². The van der Waals surface area contributed by atoms with Gasteiger partial charge in [-0.2, -0.15) is 0 Å². The number of benzene rings is 1. The first-order chi connectivity index (χ1) is 14.8. The van der Waals surface area contributed by atoms with E-state index in [0.29, 0.717) is 0 Å². The van der Waals surface area contributed by atoms with E-state index < -0.39 is 11.8 Å². The van der Waals surface area contributed by atoms with Gasteiger partial charge in [-0.3, -0.25) is 24.2 Å². The minimum absolute atomic E-state index is 0.0532. The van der Waals surface area contributed by atoms with E-state index in [0.717, 1.165) is 42.3 Å². The van der Waals surface area contributed by atoms with Crippen molar-refractivity contribution in [2.75, 3.05) is 20.6 Å². The first-order valence-corrected chi connectivity index (χ1v) is 10.9. The molecule has 0 spiro atoms. The van der Waals surface area contributed by atoms with Crippen LogP contribution in [0.2, 0.25) is 0 Å². The van der Waals surface area contributed by atoms with Crippen molar-refractivity contribution >= 4 is 52.0 Å². The number of fused-ring (bicyclic) bond motifs is 1. The number of hydrogen-bond acceptors (Lipinski definition) is 4. The van der Waals surface area contributed by atoms with Crippen LogP contribution < -0.4 is 0 Å². The van der Waals surface area contributed by atoms with E-state index in [4.69, 9.17) is 12.2 Å². The number of para-hydroxylation sites is 1. The van der Waals surface area contributed by atoms with E-state index in [1.807, 2.05) is 39.9 Å². The first-order valence-electron chi connectivity index (χ1n) is 10.5. The van der Waals surface area contributed by atoms with Crippen LogP contribution >= 0.6 is 12.2 Å². The monoisotopic (exact) mass is 438 g/mol. The highest BCUT2D eigenvalue weighted by Gasteiger charge is 2.35. The van der Waals surface area contributed by atoms with Gasteiger partial charge in [-0.05, 0) is 50.5 Å². The van der Waals surface area contributed by atoms with E-state index in [1.165, 1.54) is 9.80 Å². The molecule has 0 unspecified atom stereocenters. The van der Waals surface area contributed by atoms with Crippen LogP contribution in [0, 0.1) is 0 Å². The summed E-state index contributed by atoms with van der Waals surface area (Å²) < 4.78 is 1.90. The van der Waals surface area contributed by atoms with Crippen LogP contribution in [0.5, 0.6) is 0 Å². The van der Waals surface area contributed by atoms with Crippen molar-refractivity contribution < 1.29 is 14.4 Å². The van der Waals surface area contributed by atoms with Crippen LogP contribution in [0.4, 0.5) is 0 Å². The number of hydrogen-bond donors (Lipinski definition) is 0. The third kappa shape index (κ3) is 3.76. The molecule has 4 rings (SSSR count). The second kappa shape index (κ2) is 8.26. The minimum atomic E-state index is -0.428. The Labute approximate surface area is 186 Å². The van der Waals surface area contributed by atoms with Gasteiger partial charge in [-0.1, -0.05) is 18.2 Å². The minimum Gasteiger partial charge on any atom is -0.338 e. The number of amides is 3. The Morgan fingerprint density at radius 2 is 1.81 bits per heavy atom. The molecule has 2 aliphatic heterocycles. The van der Waals surface area contributed by atoms with E-state index in [-0.39, 0.29) is 29.2 Å². The zero-order valence-electron chi connectivity index (χ0n) is 18.0. The molecule has 0 bridgehead atoms. The van der Waals surface area contributed by atoms with Gasteiger partial charge in [0.15, 0.2) is 5.11 Å². The van der Waals surface area contributed by atoms with Crippen molar-refractivity contribution in [3.05, 3.63) is 41.6 Å². The topological polar surface area (TPSA) is 65.9 Å². The van der Waals surface area contributed by atoms with Crippen molar-refractivity contribution in [3.63, 3.8) is 0 Å². The summed E-state index contributed by atoms with van der Waals surface area (Å²) in [6.45, 7) is 3.11. The third-order valence-electron chi connectivity index (χ3n) is 6.19. The van der Waals surface area contributed by atoms with E-state index in [9.17, 15) is 14.4 Å². The number of aromatic nitrogens is 1. The molecular formula is C23H26N4O3S. The molecule has 0 N–H and O–H groups in total. The summed E-state index contributed by atoms with van der Waals surface area (Å²) in [6, 6.07) is 7.95. The number of nitrogens with zero attached hydrogens (tertiary/aromatic N) is 4. The highest BCUT2D eigenvalue weighted by atomic mass is 32.1. The Kier molecular flexibility index (Phi) is 5.66. The molecule has 2 aliphatic rings. The quantitative estimate of drug-likeness (QED) is 0.420. The lowest BCUT2D eigenvalue weighted by Crippen LogP contribution is -2.52. The maximum atomic E-state index is 13.0. The molecule has 0 aliphatic carbocycles. The van der Waals surface area contributed by atoms with Gasteiger partial charge in [-0.25, -0.2) is 0 Å². The molecule has 2 saturated heterocycles. The molecule has 2 fully saturated rings. The number of likely N-dealkylation sites (N-methyl/N-ethyl adjacent to an activating group) is 2. The van der Waals surface area contributed by atoms with Gasteiger partial charge in [0.2, 0.25) is 5.91 Å². The van der Waals surface area contributed by atoms with Crippen LogP contribution in [-0.2, 0) is 20.9 Å². The van der Waals surface area contributed by atoms with Crippen molar-refractivity contribution in [1.82, 2.24) is 19.3 Å². The Balaban J connectivity index is 1.71. The summed E-state index contributed by atoms with van der Waals surface area (Å²) in [7, 11) is 3.12. The number of likely N-dealkylation sites (tertiary alicyclic amines) is 1. The van der Waals surface area contributed by atoms with Crippen LogP contribution in [0.1, 0.15) is 31.7 Å². The van der Waals surface area contributed by atoms with Gasteiger partial charge >= 0.3 is 0 Å². The lowest BCUT2D eigenvalue weighted by Gasteiger charge is -2.33. The predicted molar refractivity (Wildman–Crippen MR) is 123 cm³/mol. The highest BCUT2D eigenvalue weighted by molar-refractivity contribution is 7.80. The summed E-state index contributed by atoms with van der Waals surface area (Å²) in [5, 5.41) is 1.06. The first kappa shape index (κ1) is 21.2. The Morgan fingerprint density at radius 3 is 2.48 bits per heavy atom. The lowest BCUT2D eigenvalue weighted by molar-refractivity contribution is -0.135. The molecule has 1 aromatic heterocycles. The van der Waals surface area contributed by atoms with Crippen molar-refractivity contribution in [1.29, 1.82) is 0 Å². The van der Waals surface area contributed by atoms with Crippen LogP contribution in [0.3, 0.4) is 0 Å². The summed E-state index contributed by atoms with van der Waals surface area (Å²) in [4.78, 5) is 43.0. The fourth-order valence-corrected chi connectivity index (χ4v) is 4.52. The van der Waals surface area contributed by atoms with Gasteiger partial charge < -0.3 is 9.47 Å². The largest absolute Gasteiger partial charge is 0.338 e. The number of carbonyl (C=O) groups excluding carboxylic acids is 3. The van der Waals surface area contributed by atoms with E-state index in [2.05, 4.69) is 6.92 Å². The average Bonchev–Trinajstić information content (AvgIpc) is 3.11. The van der Waals surface area contributed by atoms with Gasteiger partial charge in [0.05, 0.1) is 0 Å². The Hall–Kier alpha value is -3.00. The molecule has 162 valence electrons. The molecule has 0 saturated carbocycles. The number of piperidine rings is 1. The van der Waals surface area contributed by atoms with Crippen molar-refractivity contribution in [3.8, 4) is 0 Å². The summed E-state index contributed by atoms with van der Waals surface area (Å²) in [5.74, 6) is -0.770. The number of rotatable bonds is 3. The van der Waals surface area contributed by atoms with Gasteiger partial charge in [0.1, 0.15) is 12.1 Å². The third-order valence-corrected chi connectivity index (χ3v) is 6.74. The fourth-order valence-electron chi connectivity index (χ4n) is 4.36. The maximum Gasteiger partial charge on any atom is 0.265 e. The lowest BCUT2D eigenvalue weighted by atomic mass is 10.0. The Bertz CT molecular complexity index is 1090. The predicted octanol–water partition coefficient (Wildman–Crippen LogP) is 2.64. The van der Waals surface area contributed by atoms with Gasteiger partial charge in [-0.15, -0.1) is 0 Å². The molecule has 1 aromatic carbocycles. The molecule has 31 heavy (non-hydrogen) atoms. The van der Waals surface area contributed by atoms with Crippen molar-refractivity contribution in [2.45, 2.75) is 38.8 Å². The SMILES string of the molecule is C[C@@H]1CCCCN1C(=O)Cn1cc(C=C2C(=O)N(C)C(=S)N(C)C2=O)c2ccccc21. The maximum absolute atomic E-state index is 13.0. The smallest absolute Gasteiger partial charge is 0.265 e. The second-order valence-corrected chi connectivity index (χ2v) is 8.60. The van der Waals surface area contributed by atoms with E-state index >= 15 is 0 Å². The zero-order valence-corrected chi connectivity index (χ0v) is 18.8. The summed E-state index contributed by atoms with van der Waals surface area (Å²) >= 11 is 5.16. The zero-order chi connectivity index (χ0) is 22.3. The molecule has 3 amide bonds. The van der Waals surface area contributed by atoms with Gasteiger partial charge in [0.25, 0.3) is 11.8 Å².